The van der Waals surface area contributed by atoms with Crippen molar-refractivity contribution in [2.24, 2.45) is 0 Å². The normalized spacial score (nSPS) is 16.3. The fourth-order valence-corrected chi connectivity index (χ4v) is 5.34. The number of hydrogen-bond acceptors (Lipinski definition) is 6. The summed E-state index contributed by atoms with van der Waals surface area (Å²) in [7, 11) is 0. The van der Waals surface area contributed by atoms with Crippen LogP contribution in [0.5, 0.6) is 0 Å². The number of thiophene rings is 1. The third-order valence-electron chi connectivity index (χ3n) is 5.24. The molecule has 1 aromatic carbocycles. The number of thioether (sulfide) groups is 1. The number of morpholine rings is 1. The summed E-state index contributed by atoms with van der Waals surface area (Å²) in [5.41, 5.74) is 0.294. The van der Waals surface area contributed by atoms with E-state index in [1.54, 1.807) is 35.2 Å². The van der Waals surface area contributed by atoms with Gasteiger partial charge in [-0.25, -0.2) is 0 Å². The number of benzene rings is 1. The smallest absolute Gasteiger partial charge is 0.253 e. The number of nitrogens with zero attached hydrogens (tertiary/aromatic N) is 1. The van der Waals surface area contributed by atoms with Crippen molar-refractivity contribution >= 4 is 58.1 Å². The molecular weight excluding hydrogens is 489 g/mol. The third-order valence-corrected chi connectivity index (χ3v) is 7.40. The van der Waals surface area contributed by atoms with Crippen molar-refractivity contribution in [3.8, 4) is 0 Å². The summed E-state index contributed by atoms with van der Waals surface area (Å²) in [5, 5.41) is 8.66. The lowest BCUT2D eigenvalue weighted by molar-refractivity contribution is -0.123. The standard InChI is InChI=1S/C22H27Cl2N3O3S2/c1-31-12-6-18(26-21(28)16-5-4-15(23)13-17(16)24)22(29)25-14-19(20-3-2-11-32-20)27-7-9-30-10-8-27/h2-5,11,13,18-19H,6-10,12,14H2,1H3,(H,25,29)(H,26,28)/t18-,19-/m0/s1. The Labute approximate surface area is 207 Å². The van der Waals surface area contributed by atoms with E-state index in [4.69, 9.17) is 27.9 Å². The molecule has 0 saturated carbocycles. The van der Waals surface area contributed by atoms with Gasteiger partial charge in [-0.3, -0.25) is 14.5 Å². The molecule has 2 N–H and O–H groups in total. The molecule has 6 nitrogen and oxygen atoms in total. The van der Waals surface area contributed by atoms with Gasteiger partial charge in [-0.15, -0.1) is 11.3 Å². The molecule has 10 heteroatoms. The number of ether oxygens (including phenoxy) is 1. The molecule has 174 valence electrons. The van der Waals surface area contributed by atoms with E-state index in [1.807, 2.05) is 17.7 Å². The summed E-state index contributed by atoms with van der Waals surface area (Å²) in [6.07, 6.45) is 2.49. The van der Waals surface area contributed by atoms with Crippen molar-refractivity contribution in [3.63, 3.8) is 0 Å². The Morgan fingerprint density at radius 1 is 1.25 bits per heavy atom. The van der Waals surface area contributed by atoms with Crippen LogP contribution in [0.3, 0.4) is 0 Å². The van der Waals surface area contributed by atoms with Gasteiger partial charge in [0.1, 0.15) is 6.04 Å². The molecule has 2 heterocycles. The zero-order chi connectivity index (χ0) is 22.9. The van der Waals surface area contributed by atoms with Crippen molar-refractivity contribution in [1.82, 2.24) is 15.5 Å². The van der Waals surface area contributed by atoms with E-state index in [9.17, 15) is 9.59 Å². The highest BCUT2D eigenvalue weighted by molar-refractivity contribution is 7.98. The number of carbonyl (C=O) groups excluding carboxylic acids is 2. The molecule has 1 fully saturated rings. The number of nitrogens with one attached hydrogen (secondary N) is 2. The van der Waals surface area contributed by atoms with E-state index in [0.717, 1.165) is 18.8 Å². The van der Waals surface area contributed by atoms with Gasteiger partial charge >= 0.3 is 0 Å². The Kier molecular flexibility index (Phi) is 10.1. The van der Waals surface area contributed by atoms with Crippen molar-refractivity contribution in [3.05, 3.63) is 56.2 Å². The number of amides is 2. The first-order valence-corrected chi connectivity index (χ1v) is 13.4. The topological polar surface area (TPSA) is 70.7 Å². The first-order valence-electron chi connectivity index (χ1n) is 10.4. The van der Waals surface area contributed by atoms with Gasteiger partial charge in [0.25, 0.3) is 5.91 Å². The maximum atomic E-state index is 13.1. The molecule has 0 bridgehead atoms. The average molecular weight is 517 g/mol. The molecule has 0 unspecified atom stereocenters. The summed E-state index contributed by atoms with van der Waals surface area (Å²) >= 11 is 15.4. The largest absolute Gasteiger partial charge is 0.379 e. The minimum absolute atomic E-state index is 0.0745. The van der Waals surface area contributed by atoms with Crippen LogP contribution in [0.1, 0.15) is 27.7 Å². The fraction of sp³-hybridized carbons (Fsp3) is 0.455. The van der Waals surface area contributed by atoms with Crippen LogP contribution in [0.4, 0.5) is 0 Å². The molecule has 32 heavy (non-hydrogen) atoms. The molecule has 3 rings (SSSR count). The van der Waals surface area contributed by atoms with E-state index >= 15 is 0 Å². The quantitative estimate of drug-likeness (QED) is 0.498. The lowest BCUT2D eigenvalue weighted by Gasteiger charge is -2.34. The van der Waals surface area contributed by atoms with Crippen molar-refractivity contribution < 1.29 is 14.3 Å². The van der Waals surface area contributed by atoms with Gasteiger partial charge in [0.05, 0.1) is 29.8 Å². The zero-order valence-corrected chi connectivity index (χ0v) is 21.0. The molecule has 0 aliphatic carbocycles. The lowest BCUT2D eigenvalue weighted by Crippen LogP contribution is -2.50. The van der Waals surface area contributed by atoms with Crippen LogP contribution >= 0.6 is 46.3 Å². The van der Waals surface area contributed by atoms with Crippen LogP contribution in [-0.4, -0.2) is 67.6 Å². The Balaban J connectivity index is 1.67. The molecule has 2 aromatic rings. The third kappa shape index (κ3) is 7.10. The van der Waals surface area contributed by atoms with Gasteiger partial charge in [0.2, 0.25) is 5.91 Å². The second kappa shape index (κ2) is 12.8. The SMILES string of the molecule is CSCC[C@H](NC(=O)c1ccc(Cl)cc1Cl)C(=O)NC[C@@H](c1cccs1)N1CCOCC1. The molecule has 1 aliphatic heterocycles. The Bertz CT molecular complexity index is 893. The summed E-state index contributed by atoms with van der Waals surface area (Å²) in [6, 6.07) is 8.21. The molecule has 0 spiro atoms. The minimum atomic E-state index is -0.657. The second-order valence-electron chi connectivity index (χ2n) is 7.36. The molecule has 0 radical (unpaired) electrons. The van der Waals surface area contributed by atoms with E-state index in [0.29, 0.717) is 36.8 Å². The van der Waals surface area contributed by atoms with Crippen molar-refractivity contribution in [1.29, 1.82) is 0 Å². The number of halogens is 2. The zero-order valence-electron chi connectivity index (χ0n) is 17.8. The number of carbonyl (C=O) groups is 2. The van der Waals surface area contributed by atoms with Gasteiger partial charge in [-0.1, -0.05) is 29.3 Å². The van der Waals surface area contributed by atoms with E-state index in [2.05, 4.69) is 21.6 Å². The minimum Gasteiger partial charge on any atom is -0.379 e. The Morgan fingerprint density at radius 2 is 2.03 bits per heavy atom. The van der Waals surface area contributed by atoms with Gasteiger partial charge in [-0.2, -0.15) is 11.8 Å². The van der Waals surface area contributed by atoms with Crippen LogP contribution in [0, 0.1) is 0 Å². The summed E-state index contributed by atoms with van der Waals surface area (Å²) in [4.78, 5) is 29.4. The van der Waals surface area contributed by atoms with Crippen LogP contribution in [0.25, 0.3) is 0 Å². The average Bonchev–Trinajstić information content (AvgIpc) is 3.31. The van der Waals surface area contributed by atoms with Crippen molar-refractivity contribution in [2.45, 2.75) is 18.5 Å². The molecule has 1 aliphatic rings. The lowest BCUT2D eigenvalue weighted by atomic mass is 10.1. The molecule has 1 saturated heterocycles. The van der Waals surface area contributed by atoms with Crippen LogP contribution < -0.4 is 10.6 Å². The van der Waals surface area contributed by atoms with Crippen LogP contribution in [0.2, 0.25) is 10.0 Å². The summed E-state index contributed by atoms with van der Waals surface area (Å²) in [6.45, 7) is 3.47. The summed E-state index contributed by atoms with van der Waals surface area (Å²) in [5.74, 6) is 0.146. The number of hydrogen-bond donors (Lipinski definition) is 2. The van der Waals surface area contributed by atoms with Crippen LogP contribution in [0.15, 0.2) is 35.7 Å². The molecular formula is C22H27Cl2N3O3S2. The maximum Gasteiger partial charge on any atom is 0.253 e. The monoisotopic (exact) mass is 515 g/mol. The predicted molar refractivity (Wildman–Crippen MR) is 133 cm³/mol. The first kappa shape index (κ1) is 25.3. The first-order chi connectivity index (χ1) is 15.5. The van der Waals surface area contributed by atoms with Crippen molar-refractivity contribution in [2.75, 3.05) is 44.9 Å². The van der Waals surface area contributed by atoms with E-state index in [1.165, 1.54) is 10.9 Å². The molecule has 1 aromatic heterocycles. The van der Waals surface area contributed by atoms with Gasteiger partial charge in [0.15, 0.2) is 0 Å². The van der Waals surface area contributed by atoms with E-state index < -0.39 is 11.9 Å². The highest BCUT2D eigenvalue weighted by Gasteiger charge is 2.27. The molecule has 2 amide bonds. The Hall–Kier alpha value is -1.29. The van der Waals surface area contributed by atoms with Crippen LogP contribution in [-0.2, 0) is 9.53 Å². The second-order valence-corrected chi connectivity index (χ2v) is 10.2. The fourth-order valence-electron chi connectivity index (χ4n) is 3.51. The van der Waals surface area contributed by atoms with Gasteiger partial charge < -0.3 is 15.4 Å². The number of rotatable bonds is 10. The molecule has 2 atom stereocenters. The highest BCUT2D eigenvalue weighted by Crippen LogP contribution is 2.25. The predicted octanol–water partition coefficient (Wildman–Crippen LogP) is 4.10. The van der Waals surface area contributed by atoms with Gasteiger partial charge in [-0.05, 0) is 48.1 Å². The van der Waals surface area contributed by atoms with Gasteiger partial charge in [0, 0.05) is 29.5 Å². The maximum absolute atomic E-state index is 13.1. The Morgan fingerprint density at radius 3 is 2.69 bits per heavy atom. The van der Waals surface area contributed by atoms with E-state index in [-0.39, 0.29) is 17.0 Å². The highest BCUT2D eigenvalue weighted by atomic mass is 35.5. The summed E-state index contributed by atoms with van der Waals surface area (Å²) < 4.78 is 5.48.